The van der Waals surface area contributed by atoms with Crippen molar-refractivity contribution in [2.45, 2.75) is 6.42 Å². The summed E-state index contributed by atoms with van der Waals surface area (Å²) in [4.78, 5) is 33.6. The first kappa shape index (κ1) is 18.8. The van der Waals surface area contributed by atoms with E-state index in [-0.39, 0.29) is 17.3 Å². The Kier molecular flexibility index (Phi) is 5.09. The van der Waals surface area contributed by atoms with Crippen LogP contribution in [0.3, 0.4) is 0 Å². The van der Waals surface area contributed by atoms with E-state index in [0.717, 1.165) is 17.7 Å². The van der Waals surface area contributed by atoms with E-state index in [1.54, 1.807) is 29.2 Å². The fourth-order valence-electron chi connectivity index (χ4n) is 3.21. The number of carbonyl (C=O) groups excluding carboxylic acids is 1. The number of hydrogen-bond donors (Lipinski definition) is 2. The maximum Gasteiger partial charge on any atom is 0.355 e. The van der Waals surface area contributed by atoms with Gasteiger partial charge in [-0.1, -0.05) is 30.3 Å². The van der Waals surface area contributed by atoms with Crippen molar-refractivity contribution in [2.24, 2.45) is 0 Å². The van der Waals surface area contributed by atoms with Gasteiger partial charge in [-0.15, -0.1) is 0 Å². The average Bonchev–Trinajstić information content (AvgIpc) is 3.16. The van der Waals surface area contributed by atoms with Crippen molar-refractivity contribution in [1.82, 2.24) is 15.4 Å². The number of nitrogens with zero attached hydrogens (tertiary/aromatic N) is 4. The monoisotopic (exact) mass is 454 g/mol. The van der Waals surface area contributed by atoms with Crippen molar-refractivity contribution in [1.29, 1.82) is 0 Å². The second-order valence-corrected chi connectivity index (χ2v) is 7.10. The molecule has 1 aliphatic heterocycles. The van der Waals surface area contributed by atoms with Gasteiger partial charge in [0.1, 0.15) is 6.33 Å². The number of amides is 1. The normalized spacial score (nSPS) is 12.4. The number of carbonyl (C=O) groups is 1. The van der Waals surface area contributed by atoms with Gasteiger partial charge in [0.15, 0.2) is 0 Å². The third-order valence-electron chi connectivity index (χ3n) is 4.54. The van der Waals surface area contributed by atoms with Gasteiger partial charge < -0.3 is 4.90 Å². The van der Waals surface area contributed by atoms with Gasteiger partial charge in [0.05, 0.1) is 10.5 Å². The van der Waals surface area contributed by atoms with Crippen LogP contribution in [0.15, 0.2) is 59.3 Å². The predicted octanol–water partition coefficient (Wildman–Crippen LogP) is 3.60. The Bertz CT molecular complexity index is 1110. The topological polar surface area (TPSA) is 113 Å². The lowest BCUT2D eigenvalue weighted by Gasteiger charge is -2.19. The minimum absolute atomic E-state index is 0.0928. The molecule has 0 radical (unpaired) electrons. The van der Waals surface area contributed by atoms with Crippen molar-refractivity contribution in [3.05, 3.63) is 80.6 Å². The van der Waals surface area contributed by atoms with Crippen LogP contribution in [-0.2, 0) is 6.42 Å². The molecule has 0 unspecified atom stereocenters. The Morgan fingerprint density at radius 1 is 1.14 bits per heavy atom. The summed E-state index contributed by atoms with van der Waals surface area (Å²) in [7, 11) is 0. The van der Waals surface area contributed by atoms with Crippen molar-refractivity contribution in [2.75, 3.05) is 16.9 Å². The molecule has 10 heteroatoms. The number of benzene rings is 2. The van der Waals surface area contributed by atoms with Crippen molar-refractivity contribution in [3.63, 3.8) is 0 Å². The summed E-state index contributed by atoms with van der Waals surface area (Å²) < 4.78 is 0.603. The SMILES string of the molecule is O=C(NNc1ncnc(N2CCc3ccccc32)c1[N+](=O)[O-])c1ccccc1Br. The first-order chi connectivity index (χ1) is 14.1. The molecule has 1 aliphatic rings. The Balaban J connectivity index is 1.64. The summed E-state index contributed by atoms with van der Waals surface area (Å²) in [6.07, 6.45) is 2.00. The van der Waals surface area contributed by atoms with Crippen LogP contribution in [0, 0.1) is 10.1 Å². The second kappa shape index (κ2) is 7.84. The molecule has 29 heavy (non-hydrogen) atoms. The molecule has 2 heterocycles. The molecule has 0 fully saturated rings. The number of anilines is 3. The van der Waals surface area contributed by atoms with Crippen molar-refractivity contribution >= 4 is 44.8 Å². The zero-order chi connectivity index (χ0) is 20.4. The van der Waals surface area contributed by atoms with Gasteiger partial charge in [0.2, 0.25) is 11.6 Å². The largest absolute Gasteiger partial charge is 0.355 e. The number of para-hydroxylation sites is 1. The molecule has 0 saturated heterocycles. The average molecular weight is 455 g/mol. The number of aromatic nitrogens is 2. The fraction of sp³-hybridized carbons (Fsp3) is 0.105. The third kappa shape index (κ3) is 3.61. The van der Waals surface area contributed by atoms with E-state index < -0.39 is 10.8 Å². The summed E-state index contributed by atoms with van der Waals surface area (Å²) in [5, 5.41) is 11.8. The van der Waals surface area contributed by atoms with Crippen molar-refractivity contribution < 1.29 is 9.72 Å². The van der Waals surface area contributed by atoms with E-state index in [2.05, 4.69) is 36.7 Å². The number of nitro groups is 1. The highest BCUT2D eigenvalue weighted by molar-refractivity contribution is 9.10. The van der Waals surface area contributed by atoms with Crippen LogP contribution >= 0.6 is 15.9 Å². The van der Waals surface area contributed by atoms with E-state index in [1.807, 2.05) is 24.3 Å². The van der Waals surface area contributed by atoms with Crippen LogP contribution in [0.4, 0.5) is 23.0 Å². The van der Waals surface area contributed by atoms with Gasteiger partial charge in [0.25, 0.3) is 5.91 Å². The molecule has 0 bridgehead atoms. The number of fused-ring (bicyclic) bond motifs is 1. The Labute approximate surface area is 174 Å². The second-order valence-electron chi connectivity index (χ2n) is 6.24. The zero-order valence-corrected chi connectivity index (χ0v) is 16.6. The molecule has 4 rings (SSSR count). The minimum Gasteiger partial charge on any atom is -0.320 e. The van der Waals surface area contributed by atoms with Crippen molar-refractivity contribution in [3.8, 4) is 0 Å². The first-order valence-electron chi connectivity index (χ1n) is 8.72. The first-order valence-corrected chi connectivity index (χ1v) is 9.51. The number of halogens is 1. The summed E-state index contributed by atoms with van der Waals surface area (Å²) in [5.41, 5.74) is 7.06. The number of hydrogen-bond acceptors (Lipinski definition) is 7. The van der Waals surface area contributed by atoms with Gasteiger partial charge in [0, 0.05) is 16.7 Å². The highest BCUT2D eigenvalue weighted by Gasteiger charge is 2.31. The summed E-state index contributed by atoms with van der Waals surface area (Å²) in [5.74, 6) is -0.379. The molecule has 2 aromatic carbocycles. The molecule has 1 amide bonds. The van der Waals surface area contributed by atoms with E-state index in [1.165, 1.54) is 6.33 Å². The van der Waals surface area contributed by atoms with Gasteiger partial charge >= 0.3 is 5.69 Å². The zero-order valence-electron chi connectivity index (χ0n) is 15.0. The molecule has 3 aromatic rings. The maximum atomic E-state index is 12.4. The minimum atomic E-state index is -0.552. The van der Waals surface area contributed by atoms with Crippen LogP contribution in [0.1, 0.15) is 15.9 Å². The van der Waals surface area contributed by atoms with E-state index >= 15 is 0 Å². The van der Waals surface area contributed by atoms with Gasteiger partial charge in [-0.25, -0.2) is 9.97 Å². The highest BCUT2D eigenvalue weighted by atomic mass is 79.9. The molecule has 1 aromatic heterocycles. The van der Waals surface area contributed by atoms with Gasteiger partial charge in [-0.3, -0.25) is 25.8 Å². The number of nitrogens with one attached hydrogen (secondary N) is 2. The van der Waals surface area contributed by atoms with Crippen LogP contribution in [-0.4, -0.2) is 27.3 Å². The molecular weight excluding hydrogens is 440 g/mol. The van der Waals surface area contributed by atoms with Gasteiger partial charge in [-0.2, -0.15) is 0 Å². The molecule has 0 atom stereocenters. The van der Waals surface area contributed by atoms with Crippen LogP contribution in [0.2, 0.25) is 0 Å². The smallest absolute Gasteiger partial charge is 0.320 e. The van der Waals surface area contributed by atoms with Crippen LogP contribution in [0.5, 0.6) is 0 Å². The molecule has 0 saturated carbocycles. The van der Waals surface area contributed by atoms with Crippen LogP contribution in [0.25, 0.3) is 0 Å². The Morgan fingerprint density at radius 2 is 1.90 bits per heavy atom. The van der Waals surface area contributed by atoms with Gasteiger partial charge in [-0.05, 0) is 46.1 Å². The number of rotatable bonds is 5. The molecule has 146 valence electrons. The lowest BCUT2D eigenvalue weighted by atomic mass is 10.2. The highest BCUT2D eigenvalue weighted by Crippen LogP contribution is 2.39. The molecule has 0 aliphatic carbocycles. The molecule has 2 N–H and O–H groups in total. The molecule has 9 nitrogen and oxygen atoms in total. The molecule has 0 spiro atoms. The number of hydrazine groups is 1. The third-order valence-corrected chi connectivity index (χ3v) is 5.23. The lowest BCUT2D eigenvalue weighted by molar-refractivity contribution is -0.383. The summed E-state index contributed by atoms with van der Waals surface area (Å²) in [6, 6.07) is 14.5. The Hall–Kier alpha value is -3.53. The Morgan fingerprint density at radius 3 is 2.69 bits per heavy atom. The standard InChI is InChI=1S/C19H15BrN6O3/c20-14-7-3-2-6-13(14)19(27)24-23-17-16(26(28)29)18(22-11-21-17)25-10-9-12-5-1-4-8-15(12)25/h1-8,11H,9-10H2,(H,24,27)(H,21,22,23). The van der Waals surface area contributed by atoms with E-state index in [9.17, 15) is 14.9 Å². The lowest BCUT2D eigenvalue weighted by Crippen LogP contribution is -2.31. The maximum absolute atomic E-state index is 12.4. The summed E-state index contributed by atoms with van der Waals surface area (Å²) in [6.45, 7) is 0.569. The van der Waals surface area contributed by atoms with Crippen LogP contribution < -0.4 is 15.8 Å². The molecular formula is C19H15BrN6O3. The van der Waals surface area contributed by atoms with E-state index in [0.29, 0.717) is 16.6 Å². The quantitative estimate of drug-likeness (QED) is 0.447. The summed E-state index contributed by atoms with van der Waals surface area (Å²) >= 11 is 3.30. The van der Waals surface area contributed by atoms with E-state index in [4.69, 9.17) is 0 Å². The predicted molar refractivity (Wildman–Crippen MR) is 111 cm³/mol. The fourth-order valence-corrected chi connectivity index (χ4v) is 3.68.